The number of hydrogen-bond acceptors (Lipinski definition) is 8. The molecule has 2 aromatic heterocycles. The van der Waals surface area contributed by atoms with E-state index in [1.807, 2.05) is 19.9 Å². The molecule has 3 aromatic rings. The molecule has 0 fully saturated rings. The zero-order valence-electron chi connectivity index (χ0n) is 16.4. The minimum atomic E-state index is -0.408. The van der Waals surface area contributed by atoms with Crippen LogP contribution in [0.2, 0.25) is 0 Å². The fraction of sp³-hybridized carbons (Fsp3) is 0.211. The van der Waals surface area contributed by atoms with Gasteiger partial charge in [0.15, 0.2) is 5.13 Å². The molecule has 9 nitrogen and oxygen atoms in total. The Morgan fingerprint density at radius 2 is 1.76 bits per heavy atom. The number of ether oxygens (including phenoxy) is 1. The third-order valence-electron chi connectivity index (χ3n) is 3.71. The van der Waals surface area contributed by atoms with Crippen LogP contribution in [-0.2, 0) is 4.79 Å². The monoisotopic (exact) mass is 412 g/mol. The first-order valence-corrected chi connectivity index (χ1v) is 9.54. The fourth-order valence-electron chi connectivity index (χ4n) is 2.59. The van der Waals surface area contributed by atoms with Crippen LogP contribution in [0.25, 0.3) is 0 Å². The summed E-state index contributed by atoms with van der Waals surface area (Å²) in [7, 11) is 1.50. The van der Waals surface area contributed by atoms with Crippen molar-refractivity contribution in [2.24, 2.45) is 0 Å². The minimum absolute atomic E-state index is 0.212. The van der Waals surface area contributed by atoms with Crippen molar-refractivity contribution in [3.63, 3.8) is 0 Å². The van der Waals surface area contributed by atoms with Crippen LogP contribution in [0.5, 0.6) is 5.75 Å². The first-order chi connectivity index (χ1) is 13.8. The third kappa shape index (κ3) is 5.26. The van der Waals surface area contributed by atoms with Crippen molar-refractivity contribution in [1.29, 1.82) is 0 Å². The van der Waals surface area contributed by atoms with Crippen LogP contribution >= 0.6 is 11.3 Å². The number of nitrogens with one attached hydrogen (secondary N) is 3. The number of amides is 2. The van der Waals surface area contributed by atoms with Gasteiger partial charge < -0.3 is 20.7 Å². The SMILES string of the molecule is COc1ccc(NC(C)=O)cc1NC(=O)c1csc(Nc2nc(C)cc(C)n2)n1. The molecule has 2 heterocycles. The van der Waals surface area contributed by atoms with E-state index in [2.05, 4.69) is 30.9 Å². The topological polar surface area (TPSA) is 118 Å². The van der Waals surface area contributed by atoms with E-state index in [1.165, 1.54) is 25.4 Å². The average Bonchev–Trinajstić information content (AvgIpc) is 3.09. The summed E-state index contributed by atoms with van der Waals surface area (Å²) in [6.07, 6.45) is 0. The highest BCUT2D eigenvalue weighted by molar-refractivity contribution is 7.14. The molecule has 0 aliphatic heterocycles. The lowest BCUT2D eigenvalue weighted by molar-refractivity contribution is -0.114. The molecule has 0 atom stereocenters. The summed E-state index contributed by atoms with van der Waals surface area (Å²) in [5.74, 6) is 0.267. The maximum absolute atomic E-state index is 12.6. The highest BCUT2D eigenvalue weighted by atomic mass is 32.1. The smallest absolute Gasteiger partial charge is 0.275 e. The van der Waals surface area contributed by atoms with Crippen LogP contribution in [0.15, 0.2) is 29.6 Å². The number of carbonyl (C=O) groups is 2. The summed E-state index contributed by atoms with van der Waals surface area (Å²) < 4.78 is 5.27. The lowest BCUT2D eigenvalue weighted by Crippen LogP contribution is -2.14. The molecule has 1 aromatic carbocycles. The fourth-order valence-corrected chi connectivity index (χ4v) is 3.27. The number of rotatable bonds is 6. The van der Waals surface area contributed by atoms with Crippen molar-refractivity contribution in [1.82, 2.24) is 15.0 Å². The summed E-state index contributed by atoms with van der Waals surface area (Å²) in [5.41, 5.74) is 2.86. The zero-order valence-corrected chi connectivity index (χ0v) is 17.2. The molecule has 0 aliphatic carbocycles. The number of methoxy groups -OCH3 is 1. The Hall–Kier alpha value is -3.53. The molecule has 0 bridgehead atoms. The molecule has 2 amide bonds. The number of carbonyl (C=O) groups excluding carboxylic acids is 2. The molecule has 0 spiro atoms. The standard InChI is InChI=1S/C19H20N6O3S/c1-10-7-11(2)21-18(20-10)25-19-24-15(9-29-19)17(27)23-14-8-13(22-12(3)26)5-6-16(14)28-4/h5-9H,1-4H3,(H,22,26)(H,23,27)(H,20,21,24,25). The Morgan fingerprint density at radius 3 is 2.41 bits per heavy atom. The van der Waals surface area contributed by atoms with E-state index >= 15 is 0 Å². The number of thiazole rings is 1. The Bertz CT molecular complexity index is 1050. The van der Waals surface area contributed by atoms with Crippen molar-refractivity contribution in [3.05, 3.63) is 46.7 Å². The highest BCUT2D eigenvalue weighted by Crippen LogP contribution is 2.29. The van der Waals surface area contributed by atoms with Crippen LogP contribution in [0, 0.1) is 13.8 Å². The quantitative estimate of drug-likeness (QED) is 0.567. The van der Waals surface area contributed by atoms with Gasteiger partial charge in [0, 0.05) is 29.4 Å². The van der Waals surface area contributed by atoms with Crippen LogP contribution in [0.1, 0.15) is 28.8 Å². The number of hydrogen-bond donors (Lipinski definition) is 3. The maximum Gasteiger partial charge on any atom is 0.275 e. The van der Waals surface area contributed by atoms with Gasteiger partial charge in [-0.25, -0.2) is 15.0 Å². The van der Waals surface area contributed by atoms with E-state index in [1.54, 1.807) is 23.6 Å². The Balaban J connectivity index is 1.75. The molecule has 0 unspecified atom stereocenters. The highest BCUT2D eigenvalue weighted by Gasteiger charge is 2.15. The molecule has 3 rings (SSSR count). The zero-order chi connectivity index (χ0) is 21.0. The first-order valence-electron chi connectivity index (χ1n) is 8.66. The molecule has 3 N–H and O–H groups in total. The Morgan fingerprint density at radius 1 is 1.03 bits per heavy atom. The normalized spacial score (nSPS) is 10.3. The second-order valence-electron chi connectivity index (χ2n) is 6.19. The predicted octanol–water partition coefficient (Wildman–Crippen LogP) is 3.51. The molecule has 0 radical (unpaired) electrons. The minimum Gasteiger partial charge on any atom is -0.495 e. The van der Waals surface area contributed by atoms with Crippen LogP contribution in [0.3, 0.4) is 0 Å². The van der Waals surface area contributed by atoms with Gasteiger partial charge in [0.25, 0.3) is 5.91 Å². The number of aromatic nitrogens is 3. The molecular weight excluding hydrogens is 392 g/mol. The van der Waals surface area contributed by atoms with Gasteiger partial charge in [0.1, 0.15) is 11.4 Å². The molecule has 0 saturated heterocycles. The van der Waals surface area contributed by atoms with Gasteiger partial charge in [-0.1, -0.05) is 0 Å². The van der Waals surface area contributed by atoms with Gasteiger partial charge in [-0.05, 0) is 38.1 Å². The summed E-state index contributed by atoms with van der Waals surface area (Å²) in [6, 6.07) is 6.83. The van der Waals surface area contributed by atoms with Crippen LogP contribution in [-0.4, -0.2) is 33.9 Å². The van der Waals surface area contributed by atoms with E-state index < -0.39 is 5.91 Å². The number of benzene rings is 1. The van der Waals surface area contributed by atoms with Gasteiger partial charge >= 0.3 is 0 Å². The second kappa shape index (κ2) is 8.65. The van der Waals surface area contributed by atoms with Crippen LogP contribution < -0.4 is 20.7 Å². The van der Waals surface area contributed by atoms with E-state index in [-0.39, 0.29) is 11.6 Å². The van der Waals surface area contributed by atoms with Crippen molar-refractivity contribution >= 4 is 45.6 Å². The van der Waals surface area contributed by atoms with Gasteiger partial charge in [-0.15, -0.1) is 11.3 Å². The maximum atomic E-state index is 12.6. The predicted molar refractivity (Wildman–Crippen MR) is 112 cm³/mol. The van der Waals surface area contributed by atoms with E-state index in [0.717, 1.165) is 11.4 Å². The van der Waals surface area contributed by atoms with Crippen molar-refractivity contribution in [2.45, 2.75) is 20.8 Å². The van der Waals surface area contributed by atoms with Crippen molar-refractivity contribution in [2.75, 3.05) is 23.1 Å². The molecular formula is C19H20N6O3S. The lowest BCUT2D eigenvalue weighted by atomic mass is 10.2. The van der Waals surface area contributed by atoms with Crippen molar-refractivity contribution < 1.29 is 14.3 Å². The second-order valence-corrected chi connectivity index (χ2v) is 7.05. The van der Waals surface area contributed by atoms with E-state index in [9.17, 15) is 9.59 Å². The van der Waals surface area contributed by atoms with Gasteiger partial charge in [-0.2, -0.15) is 0 Å². The lowest BCUT2D eigenvalue weighted by Gasteiger charge is -2.11. The van der Waals surface area contributed by atoms with Crippen molar-refractivity contribution in [3.8, 4) is 5.75 Å². The summed E-state index contributed by atoms with van der Waals surface area (Å²) in [5, 5.41) is 10.6. The summed E-state index contributed by atoms with van der Waals surface area (Å²) >= 11 is 1.27. The molecule has 150 valence electrons. The number of nitrogens with zero attached hydrogens (tertiary/aromatic N) is 3. The number of aryl methyl sites for hydroxylation is 2. The van der Waals surface area contributed by atoms with E-state index in [0.29, 0.717) is 28.2 Å². The molecule has 0 aliphatic rings. The average molecular weight is 412 g/mol. The summed E-state index contributed by atoms with van der Waals surface area (Å²) in [4.78, 5) is 36.8. The third-order valence-corrected chi connectivity index (χ3v) is 4.46. The van der Waals surface area contributed by atoms with Crippen LogP contribution in [0.4, 0.5) is 22.5 Å². The Labute approximate surface area is 171 Å². The Kier molecular flexibility index (Phi) is 6.03. The van der Waals surface area contributed by atoms with Gasteiger partial charge in [0.05, 0.1) is 12.8 Å². The summed E-state index contributed by atoms with van der Waals surface area (Å²) in [6.45, 7) is 5.16. The number of anilines is 4. The van der Waals surface area contributed by atoms with Gasteiger partial charge in [0.2, 0.25) is 11.9 Å². The first kappa shape index (κ1) is 20.2. The van der Waals surface area contributed by atoms with Gasteiger partial charge in [-0.3, -0.25) is 9.59 Å². The molecule has 29 heavy (non-hydrogen) atoms. The molecule has 0 saturated carbocycles. The van der Waals surface area contributed by atoms with E-state index in [4.69, 9.17) is 4.74 Å². The molecule has 10 heteroatoms. The largest absolute Gasteiger partial charge is 0.495 e.